The van der Waals surface area contributed by atoms with Crippen LogP contribution in [0.25, 0.3) is 0 Å². The average molecular weight is 226 g/mol. The molecule has 3 nitrogen and oxygen atoms in total. The summed E-state index contributed by atoms with van der Waals surface area (Å²) >= 11 is 3.15. The fraction of sp³-hybridized carbons (Fsp3) is 0.143. The minimum absolute atomic E-state index is 0.0619. The van der Waals surface area contributed by atoms with Crippen molar-refractivity contribution >= 4 is 29.5 Å². The molecule has 60 valence electrons. The van der Waals surface area contributed by atoms with Gasteiger partial charge in [0, 0.05) is 16.1 Å². The van der Waals surface area contributed by atoms with Gasteiger partial charge in [0.1, 0.15) is 0 Å². The Bertz CT molecular complexity index is 316. The van der Waals surface area contributed by atoms with E-state index in [-0.39, 0.29) is 12.0 Å². The van der Waals surface area contributed by atoms with Crippen LogP contribution in [0.1, 0.15) is 5.56 Å². The van der Waals surface area contributed by atoms with E-state index in [1.54, 1.807) is 12.1 Å². The second kappa shape index (κ2) is 3.71. The number of hydrogen-bond donors (Lipinski definition) is 0. The molecule has 0 saturated carbocycles. The van der Waals surface area contributed by atoms with Crippen LogP contribution in [0.4, 0.5) is 5.69 Å². The van der Waals surface area contributed by atoms with Crippen molar-refractivity contribution in [3.05, 3.63) is 38.3 Å². The quantitative estimate of drug-likeness (QED) is 0.439. The van der Waals surface area contributed by atoms with Gasteiger partial charge < -0.3 is 0 Å². The number of nitro groups is 1. The van der Waals surface area contributed by atoms with Crippen LogP contribution in [0.5, 0.6) is 0 Å². The van der Waals surface area contributed by atoms with Crippen LogP contribution in [-0.2, 0) is 6.32 Å². The van der Waals surface area contributed by atoms with E-state index >= 15 is 0 Å². The van der Waals surface area contributed by atoms with Gasteiger partial charge in [-0.1, -0.05) is 28.3 Å². The van der Waals surface area contributed by atoms with Gasteiger partial charge in [-0.25, -0.2) is 0 Å². The molecule has 2 radical (unpaired) electrons. The maximum Gasteiger partial charge on any atom is 0.272 e. The van der Waals surface area contributed by atoms with E-state index in [1.807, 2.05) is 0 Å². The molecule has 0 fully saturated rings. The van der Waals surface area contributed by atoms with Crippen LogP contribution in [-0.4, -0.2) is 12.8 Å². The zero-order chi connectivity index (χ0) is 9.14. The standard InChI is InChI=1S/C7H5BBrNO2/c8-4-5-1-2-6(9)3-7(5)10(11)12/h1-3H,4H2. The molecule has 0 N–H and O–H groups in total. The Hall–Kier alpha value is -0.835. The van der Waals surface area contributed by atoms with Crippen LogP contribution < -0.4 is 0 Å². The van der Waals surface area contributed by atoms with Gasteiger partial charge in [0.25, 0.3) is 5.69 Å². The van der Waals surface area contributed by atoms with E-state index in [1.165, 1.54) is 6.07 Å². The topological polar surface area (TPSA) is 43.1 Å². The summed E-state index contributed by atoms with van der Waals surface area (Å²) < 4.78 is 0.686. The molecule has 0 aliphatic carbocycles. The molecule has 1 rings (SSSR count). The fourth-order valence-electron chi connectivity index (χ4n) is 0.880. The summed E-state index contributed by atoms with van der Waals surface area (Å²) in [7, 11) is 5.32. The predicted octanol–water partition coefficient (Wildman–Crippen LogP) is 2.03. The Labute approximate surface area is 79.5 Å². The highest BCUT2D eigenvalue weighted by atomic mass is 79.9. The lowest BCUT2D eigenvalue weighted by Gasteiger charge is -1.99. The third kappa shape index (κ3) is 1.85. The molecule has 0 aliphatic rings. The number of halogens is 1. The number of rotatable bonds is 2. The molecular weight excluding hydrogens is 221 g/mol. The zero-order valence-corrected chi connectivity index (χ0v) is 7.74. The first kappa shape index (κ1) is 9.25. The third-order valence-electron chi connectivity index (χ3n) is 1.46. The van der Waals surface area contributed by atoms with Crippen molar-refractivity contribution < 1.29 is 4.92 Å². The van der Waals surface area contributed by atoms with Crippen molar-refractivity contribution in [3.8, 4) is 0 Å². The second-order valence-electron chi connectivity index (χ2n) is 2.23. The van der Waals surface area contributed by atoms with E-state index in [9.17, 15) is 10.1 Å². The van der Waals surface area contributed by atoms with Crippen molar-refractivity contribution in [2.24, 2.45) is 0 Å². The molecule has 12 heavy (non-hydrogen) atoms. The molecular formula is C7H5BBrNO2. The van der Waals surface area contributed by atoms with Crippen molar-refractivity contribution in [2.45, 2.75) is 6.32 Å². The first-order valence-electron chi connectivity index (χ1n) is 3.28. The normalized spacial score (nSPS) is 9.75. The summed E-state index contributed by atoms with van der Waals surface area (Å²) in [5.74, 6) is 0. The van der Waals surface area contributed by atoms with Gasteiger partial charge in [-0.3, -0.25) is 10.1 Å². The minimum atomic E-state index is -0.438. The van der Waals surface area contributed by atoms with Crippen molar-refractivity contribution in [1.29, 1.82) is 0 Å². The van der Waals surface area contributed by atoms with Crippen molar-refractivity contribution in [3.63, 3.8) is 0 Å². The number of nitrogens with zero attached hydrogens (tertiary/aromatic N) is 1. The first-order chi connectivity index (χ1) is 5.65. The average Bonchev–Trinajstić information content (AvgIpc) is 2.04. The van der Waals surface area contributed by atoms with Gasteiger partial charge in [-0.2, -0.15) is 0 Å². The first-order valence-corrected chi connectivity index (χ1v) is 4.07. The van der Waals surface area contributed by atoms with Crippen LogP contribution >= 0.6 is 15.9 Å². The molecule has 0 bridgehead atoms. The monoisotopic (exact) mass is 225 g/mol. The molecule has 0 saturated heterocycles. The van der Waals surface area contributed by atoms with Gasteiger partial charge in [0.15, 0.2) is 0 Å². The lowest BCUT2D eigenvalue weighted by atomic mass is 9.96. The molecule has 1 aromatic rings. The van der Waals surface area contributed by atoms with E-state index < -0.39 is 4.92 Å². The molecule has 0 unspecified atom stereocenters. The molecule has 0 aromatic heterocycles. The Morgan fingerprint density at radius 1 is 1.58 bits per heavy atom. The summed E-state index contributed by atoms with van der Waals surface area (Å²) in [6.07, 6.45) is 0.184. The molecule has 0 amide bonds. The highest BCUT2D eigenvalue weighted by Gasteiger charge is 2.11. The number of hydrogen-bond acceptors (Lipinski definition) is 2. The van der Waals surface area contributed by atoms with Crippen molar-refractivity contribution in [1.82, 2.24) is 0 Å². The zero-order valence-electron chi connectivity index (χ0n) is 6.16. The minimum Gasteiger partial charge on any atom is -0.258 e. The Morgan fingerprint density at radius 3 is 2.75 bits per heavy atom. The Balaban J connectivity index is 3.21. The predicted molar refractivity (Wildman–Crippen MR) is 50.3 cm³/mol. The van der Waals surface area contributed by atoms with Gasteiger partial charge in [0.05, 0.1) is 12.8 Å². The van der Waals surface area contributed by atoms with Gasteiger partial charge in [-0.15, -0.1) is 0 Å². The van der Waals surface area contributed by atoms with Crippen LogP contribution in [0, 0.1) is 10.1 Å². The second-order valence-corrected chi connectivity index (χ2v) is 3.15. The Morgan fingerprint density at radius 2 is 2.25 bits per heavy atom. The van der Waals surface area contributed by atoms with Gasteiger partial charge in [-0.05, 0) is 6.07 Å². The smallest absolute Gasteiger partial charge is 0.258 e. The lowest BCUT2D eigenvalue weighted by molar-refractivity contribution is -0.385. The molecule has 0 atom stereocenters. The highest BCUT2D eigenvalue weighted by Crippen LogP contribution is 2.22. The fourth-order valence-corrected chi connectivity index (χ4v) is 1.23. The van der Waals surface area contributed by atoms with Gasteiger partial charge in [0.2, 0.25) is 0 Å². The highest BCUT2D eigenvalue weighted by molar-refractivity contribution is 9.10. The van der Waals surface area contributed by atoms with Crippen LogP contribution in [0.2, 0.25) is 0 Å². The van der Waals surface area contributed by atoms with Gasteiger partial charge >= 0.3 is 0 Å². The number of nitro benzene ring substituents is 1. The molecule has 0 aliphatic heterocycles. The summed E-state index contributed by atoms with van der Waals surface area (Å²) in [6.45, 7) is 0. The van der Waals surface area contributed by atoms with E-state index in [0.29, 0.717) is 10.0 Å². The maximum atomic E-state index is 10.5. The molecule has 5 heteroatoms. The number of benzene rings is 1. The summed E-state index contributed by atoms with van der Waals surface area (Å²) in [5.41, 5.74) is 0.607. The SMILES string of the molecule is [B]Cc1ccc(Br)cc1[N+](=O)[O-]. The van der Waals surface area contributed by atoms with Crippen LogP contribution in [0.3, 0.4) is 0 Å². The van der Waals surface area contributed by atoms with Crippen molar-refractivity contribution in [2.75, 3.05) is 0 Å². The summed E-state index contributed by atoms with van der Waals surface area (Å²) in [6, 6.07) is 4.82. The largest absolute Gasteiger partial charge is 0.272 e. The molecule has 0 spiro atoms. The van der Waals surface area contributed by atoms with Crippen LogP contribution in [0.15, 0.2) is 22.7 Å². The van der Waals surface area contributed by atoms with E-state index in [4.69, 9.17) is 7.85 Å². The summed E-state index contributed by atoms with van der Waals surface area (Å²) in [4.78, 5) is 10.0. The summed E-state index contributed by atoms with van der Waals surface area (Å²) in [5, 5.41) is 10.5. The Kier molecular flexibility index (Phi) is 2.86. The molecule has 0 heterocycles. The van der Waals surface area contributed by atoms with E-state index in [0.717, 1.165) is 0 Å². The maximum absolute atomic E-state index is 10.5. The lowest BCUT2D eigenvalue weighted by Crippen LogP contribution is -1.95. The third-order valence-corrected chi connectivity index (χ3v) is 1.96. The molecule has 1 aromatic carbocycles. The van der Waals surface area contributed by atoms with E-state index in [2.05, 4.69) is 15.9 Å².